The van der Waals surface area contributed by atoms with Crippen molar-refractivity contribution in [1.82, 2.24) is 19.8 Å². The molecule has 11 heteroatoms. The van der Waals surface area contributed by atoms with Crippen molar-refractivity contribution in [1.29, 1.82) is 0 Å². The number of ether oxygens (including phenoxy) is 2. The van der Waals surface area contributed by atoms with Crippen LogP contribution in [0.3, 0.4) is 0 Å². The first-order valence-corrected chi connectivity index (χ1v) is 18.2. The highest BCUT2D eigenvalue weighted by Crippen LogP contribution is 2.40. The molecule has 1 saturated heterocycles. The van der Waals surface area contributed by atoms with Crippen LogP contribution in [0, 0.1) is 12.8 Å². The number of benzene rings is 1. The predicted octanol–water partition coefficient (Wildman–Crippen LogP) is 5.76. The zero-order valence-electron chi connectivity index (χ0n) is 30.8. The maximum absolute atomic E-state index is 13.8. The van der Waals surface area contributed by atoms with Crippen molar-refractivity contribution in [3.63, 3.8) is 0 Å². The van der Waals surface area contributed by atoms with E-state index in [0.29, 0.717) is 44.3 Å². The van der Waals surface area contributed by atoms with Crippen LogP contribution in [-0.2, 0) is 43.4 Å². The van der Waals surface area contributed by atoms with Crippen LogP contribution in [0.15, 0.2) is 23.0 Å². The molecule has 1 amide bonds. The van der Waals surface area contributed by atoms with E-state index in [4.69, 9.17) is 14.5 Å². The van der Waals surface area contributed by atoms with Gasteiger partial charge in [-0.3, -0.25) is 24.1 Å². The number of hydrogen-bond acceptors (Lipinski definition) is 9. The van der Waals surface area contributed by atoms with Gasteiger partial charge in [-0.15, -0.1) is 0 Å². The molecule has 3 aromatic rings. The molecule has 2 aromatic heterocycles. The molecule has 0 saturated carbocycles. The van der Waals surface area contributed by atoms with Gasteiger partial charge < -0.3 is 24.5 Å². The molecule has 2 N–H and O–H groups in total. The van der Waals surface area contributed by atoms with Crippen molar-refractivity contribution < 1.29 is 29.0 Å². The number of rotatable bonds is 8. The monoisotopic (exact) mass is 690 g/mol. The molecule has 11 nitrogen and oxygen atoms in total. The first-order chi connectivity index (χ1) is 24.0. The number of Topliss-reactive ketones (excluding diaryl/α,β-unsaturated/α-hetero) is 1. The minimum absolute atomic E-state index is 0.0331. The number of fused-ring (bicyclic) bond motifs is 5. The Morgan fingerprint density at radius 2 is 1.80 bits per heavy atom. The lowest BCUT2D eigenvalue weighted by molar-refractivity contribution is -0.147. The van der Waals surface area contributed by atoms with Gasteiger partial charge in [0.2, 0.25) is 5.91 Å². The fourth-order valence-corrected chi connectivity index (χ4v) is 6.79. The highest BCUT2D eigenvalue weighted by molar-refractivity contribution is 5.90. The van der Waals surface area contributed by atoms with E-state index in [-0.39, 0.29) is 42.0 Å². The molecular weight excluding hydrogens is 636 g/mol. The lowest BCUT2D eigenvalue weighted by Crippen LogP contribution is -2.33. The second-order valence-electron chi connectivity index (χ2n) is 13.1. The maximum Gasteiger partial charge on any atom is 0.308 e. The number of cyclic esters (lactones) is 1. The number of phenols is 1. The van der Waals surface area contributed by atoms with Crippen LogP contribution >= 0.6 is 0 Å². The molecule has 272 valence electrons. The Morgan fingerprint density at radius 3 is 2.46 bits per heavy atom. The zero-order valence-corrected chi connectivity index (χ0v) is 30.8. The lowest BCUT2D eigenvalue weighted by atomic mass is 9.95. The Kier molecular flexibility index (Phi) is 13.7. The van der Waals surface area contributed by atoms with Gasteiger partial charge in [-0.25, -0.2) is 4.98 Å². The van der Waals surface area contributed by atoms with Crippen LogP contribution in [0.5, 0.6) is 5.75 Å². The summed E-state index contributed by atoms with van der Waals surface area (Å²) in [5.74, 6) is 0.739. The lowest BCUT2D eigenvalue weighted by Gasteiger charge is -2.31. The van der Waals surface area contributed by atoms with Gasteiger partial charge in [0, 0.05) is 68.5 Å². The molecule has 0 bridgehead atoms. The van der Waals surface area contributed by atoms with Gasteiger partial charge in [0.05, 0.1) is 42.6 Å². The van der Waals surface area contributed by atoms with E-state index < -0.39 is 6.10 Å². The summed E-state index contributed by atoms with van der Waals surface area (Å²) >= 11 is 0. The highest BCUT2D eigenvalue weighted by atomic mass is 16.5. The predicted molar refractivity (Wildman–Crippen MR) is 194 cm³/mol. The first kappa shape index (κ1) is 38.7. The number of phenolic OH excluding ortho intramolecular Hbond substituents is 1. The number of aromatic hydroxyl groups is 1. The van der Waals surface area contributed by atoms with Crippen molar-refractivity contribution in [3.05, 3.63) is 56.4 Å². The number of likely N-dealkylation sites (tertiary alicyclic amines) is 1. The maximum atomic E-state index is 13.8. The molecule has 1 fully saturated rings. The molecule has 3 aliphatic heterocycles. The van der Waals surface area contributed by atoms with Gasteiger partial charge in [-0.1, -0.05) is 27.7 Å². The summed E-state index contributed by atoms with van der Waals surface area (Å²) in [7, 11) is 1.55. The number of amides is 1. The number of piperidine rings is 1. The van der Waals surface area contributed by atoms with Crippen molar-refractivity contribution in [2.24, 2.45) is 5.92 Å². The van der Waals surface area contributed by atoms with E-state index in [9.17, 15) is 24.3 Å². The fourth-order valence-electron chi connectivity index (χ4n) is 6.79. The van der Waals surface area contributed by atoms with E-state index >= 15 is 0 Å². The number of ketones is 1. The number of aromatic nitrogens is 2. The second-order valence-corrected chi connectivity index (χ2v) is 13.1. The number of esters is 1. The number of hydrogen-bond donors (Lipinski definition) is 2. The van der Waals surface area contributed by atoms with Crippen LogP contribution < -0.4 is 10.9 Å². The Balaban J connectivity index is 0.000000372. The smallest absolute Gasteiger partial charge is 0.308 e. The molecule has 5 heterocycles. The highest BCUT2D eigenvalue weighted by Gasteiger charge is 2.32. The molecule has 1 atom stereocenters. The van der Waals surface area contributed by atoms with E-state index in [1.54, 1.807) is 24.7 Å². The molecule has 1 aromatic carbocycles. The summed E-state index contributed by atoms with van der Waals surface area (Å²) in [6, 6.07) is 5.73. The Labute approximate surface area is 295 Å². The summed E-state index contributed by atoms with van der Waals surface area (Å²) in [6.45, 7) is 16.0. The Hall–Kier alpha value is -4.09. The largest absolute Gasteiger partial charge is 0.508 e. The zero-order chi connectivity index (χ0) is 36.5. The molecule has 50 heavy (non-hydrogen) atoms. The molecule has 3 aliphatic rings. The van der Waals surface area contributed by atoms with Crippen LogP contribution in [0.25, 0.3) is 22.3 Å². The van der Waals surface area contributed by atoms with Gasteiger partial charge in [0.1, 0.15) is 11.5 Å². The first-order valence-electron chi connectivity index (χ1n) is 18.2. The summed E-state index contributed by atoms with van der Waals surface area (Å²) < 4.78 is 12.7. The third-order valence-electron chi connectivity index (χ3n) is 9.77. The van der Waals surface area contributed by atoms with Gasteiger partial charge >= 0.3 is 5.97 Å². The quantitative estimate of drug-likeness (QED) is 0.221. The van der Waals surface area contributed by atoms with Crippen molar-refractivity contribution in [3.8, 4) is 17.1 Å². The number of methoxy groups -OCH3 is 1. The number of carbonyl (C=O) groups excluding carboxylic acids is 3. The van der Waals surface area contributed by atoms with Crippen molar-refractivity contribution in [2.45, 2.75) is 106 Å². The average molecular weight is 691 g/mol. The van der Waals surface area contributed by atoms with Gasteiger partial charge in [0.15, 0.2) is 0 Å². The minimum Gasteiger partial charge on any atom is -0.508 e. The van der Waals surface area contributed by atoms with Gasteiger partial charge in [-0.05, 0) is 74.5 Å². The molecule has 6 rings (SSSR count). The minimum atomic E-state index is -0.549. The molecule has 0 radical (unpaired) electrons. The SMILES string of the molecule is CC.CCNC(=O)CCC(=O)CC.COC1CC(=O)OCCc2c1cc1n(c2=O)Cc2c-1nc1cc(O)c(C)cc1c2CN1CCC(C)CC1. The third-order valence-corrected chi connectivity index (χ3v) is 9.77. The number of nitrogens with zero attached hydrogens (tertiary/aromatic N) is 3. The number of pyridine rings is 2. The van der Waals surface area contributed by atoms with E-state index in [0.717, 1.165) is 64.5 Å². The number of aryl methyl sites for hydroxylation is 1. The summed E-state index contributed by atoms with van der Waals surface area (Å²) in [6.07, 6.45) is 3.47. The van der Waals surface area contributed by atoms with E-state index in [1.807, 2.05) is 39.8 Å². The Morgan fingerprint density at radius 1 is 1.08 bits per heavy atom. The number of carbonyl (C=O) groups is 3. The van der Waals surface area contributed by atoms with Gasteiger partial charge in [0.25, 0.3) is 5.56 Å². The van der Waals surface area contributed by atoms with Crippen molar-refractivity contribution in [2.75, 3.05) is 33.4 Å². The van der Waals surface area contributed by atoms with Crippen LogP contribution in [0.1, 0.15) is 107 Å². The molecule has 0 aliphatic carbocycles. The van der Waals surface area contributed by atoms with Crippen LogP contribution in [0.4, 0.5) is 0 Å². The third kappa shape index (κ3) is 8.79. The van der Waals surface area contributed by atoms with E-state index in [1.165, 1.54) is 18.4 Å². The topological polar surface area (TPSA) is 140 Å². The van der Waals surface area contributed by atoms with Crippen LogP contribution in [0.2, 0.25) is 0 Å². The van der Waals surface area contributed by atoms with Gasteiger partial charge in [-0.2, -0.15) is 0 Å². The van der Waals surface area contributed by atoms with Crippen molar-refractivity contribution >= 4 is 28.6 Å². The molecule has 1 unspecified atom stereocenters. The fraction of sp³-hybridized carbons (Fsp3) is 0.564. The molecular formula is C39H54N4O7. The molecule has 0 spiro atoms. The standard InChI is InChI=1S/C29H33N3O5.C8H15NO2.C2H6/c1-16-4-7-31(8-5-16)14-21-19-10-17(2)25(33)12-23(19)30-28-22(21)15-32-24(28)11-20-18(29(32)35)6-9-37-27(34)13-26(20)36-3;1-3-7(10)5-6-8(11)9-4-2;1-2/h10-12,16,26,33H,4-9,13-15H2,1-3H3;3-6H2,1-2H3,(H,9,11);1-2H3. The van der Waals surface area contributed by atoms with Crippen LogP contribution in [-0.4, -0.2) is 70.6 Å². The number of nitrogens with one attached hydrogen (secondary N) is 1. The second kappa shape index (κ2) is 17.7. The summed E-state index contributed by atoms with van der Waals surface area (Å²) in [5, 5.41) is 14.2. The average Bonchev–Trinajstić information content (AvgIpc) is 3.47. The normalized spacial score (nSPS) is 17.1. The summed E-state index contributed by atoms with van der Waals surface area (Å²) in [4.78, 5) is 55.0. The summed E-state index contributed by atoms with van der Waals surface area (Å²) in [5.41, 5.74) is 6.59. The van der Waals surface area contributed by atoms with E-state index in [2.05, 4.69) is 17.1 Å². The Bertz CT molecular complexity index is 1760.